The zero-order chi connectivity index (χ0) is 18.1. The molecule has 1 aromatic rings. The van der Waals surface area contributed by atoms with E-state index in [9.17, 15) is 0 Å². The first kappa shape index (κ1) is 20.7. The molecule has 2 N–H and O–H groups in total. The highest BCUT2D eigenvalue weighted by Gasteiger charge is 2.66. The molecule has 0 amide bonds. The maximum Gasteiger partial charge on any atom is 0.191 e. The maximum absolute atomic E-state index is 6.01. The minimum absolute atomic E-state index is 0. The van der Waals surface area contributed by atoms with Gasteiger partial charge in [0.1, 0.15) is 5.75 Å². The van der Waals surface area contributed by atoms with Gasteiger partial charge < -0.3 is 20.1 Å². The van der Waals surface area contributed by atoms with Crippen molar-refractivity contribution in [3.63, 3.8) is 0 Å². The summed E-state index contributed by atoms with van der Waals surface area (Å²) >= 11 is 0. The average molecular weight is 485 g/mol. The second-order valence-corrected chi connectivity index (χ2v) is 8.01. The Morgan fingerprint density at radius 3 is 2.85 bits per heavy atom. The van der Waals surface area contributed by atoms with E-state index in [2.05, 4.69) is 40.7 Å². The van der Waals surface area contributed by atoms with Crippen LogP contribution in [0, 0.1) is 18.3 Å². The van der Waals surface area contributed by atoms with Crippen LogP contribution < -0.4 is 15.4 Å². The van der Waals surface area contributed by atoms with Crippen molar-refractivity contribution >= 4 is 29.9 Å². The molecule has 6 heteroatoms. The van der Waals surface area contributed by atoms with E-state index in [1.807, 2.05) is 7.05 Å². The van der Waals surface area contributed by atoms with Crippen molar-refractivity contribution in [3.05, 3.63) is 29.3 Å². The molecule has 3 fully saturated rings. The van der Waals surface area contributed by atoms with E-state index in [-0.39, 0.29) is 24.0 Å². The number of rotatable bonds is 5. The summed E-state index contributed by atoms with van der Waals surface area (Å²) in [6.07, 6.45) is 6.56. The van der Waals surface area contributed by atoms with Gasteiger partial charge in [-0.3, -0.25) is 4.99 Å². The van der Waals surface area contributed by atoms with Gasteiger partial charge in [-0.2, -0.15) is 0 Å². The predicted molar refractivity (Wildman–Crippen MR) is 119 cm³/mol. The minimum Gasteiger partial charge on any atom is -0.496 e. The maximum atomic E-state index is 6.01. The van der Waals surface area contributed by atoms with Gasteiger partial charge in [-0.1, -0.05) is 18.6 Å². The Labute approximate surface area is 179 Å². The molecular formula is C21H32IN3O2. The van der Waals surface area contributed by atoms with Crippen molar-refractivity contribution in [2.75, 3.05) is 27.3 Å². The van der Waals surface area contributed by atoms with Crippen LogP contribution >= 0.6 is 24.0 Å². The smallest absolute Gasteiger partial charge is 0.191 e. The lowest BCUT2D eigenvalue weighted by molar-refractivity contribution is -0.171. The van der Waals surface area contributed by atoms with E-state index in [0.717, 1.165) is 31.3 Å². The second kappa shape index (κ2) is 8.55. The predicted octanol–water partition coefficient (Wildman–Crippen LogP) is 3.29. The molecule has 150 valence electrons. The Morgan fingerprint density at radius 1 is 1.37 bits per heavy atom. The largest absolute Gasteiger partial charge is 0.496 e. The summed E-state index contributed by atoms with van der Waals surface area (Å²) in [4.78, 5) is 4.46. The average Bonchev–Trinajstić information content (AvgIpc) is 3.03. The SMILES string of the molecule is CN=C(NCCc1ccc(C)c(OC)c1)NC1C2CCOC2C12CCC2.I. The van der Waals surface area contributed by atoms with Crippen LogP contribution in [-0.4, -0.2) is 45.4 Å². The van der Waals surface area contributed by atoms with Gasteiger partial charge in [-0.15, -0.1) is 24.0 Å². The third-order valence-corrected chi connectivity index (χ3v) is 6.73. The summed E-state index contributed by atoms with van der Waals surface area (Å²) in [6, 6.07) is 6.94. The third kappa shape index (κ3) is 3.67. The molecule has 27 heavy (non-hydrogen) atoms. The van der Waals surface area contributed by atoms with Crippen LogP contribution in [0.1, 0.15) is 36.8 Å². The summed E-state index contributed by atoms with van der Waals surface area (Å²) in [5.74, 6) is 2.54. The van der Waals surface area contributed by atoms with Crippen LogP contribution in [0.2, 0.25) is 0 Å². The van der Waals surface area contributed by atoms with Gasteiger partial charge in [0.25, 0.3) is 0 Å². The number of hydrogen-bond acceptors (Lipinski definition) is 3. The first-order chi connectivity index (χ1) is 12.7. The number of hydrogen-bond donors (Lipinski definition) is 2. The van der Waals surface area contributed by atoms with Crippen LogP contribution in [-0.2, 0) is 11.2 Å². The molecule has 5 nitrogen and oxygen atoms in total. The monoisotopic (exact) mass is 485 g/mol. The van der Waals surface area contributed by atoms with Gasteiger partial charge in [-0.05, 0) is 49.8 Å². The normalized spacial score (nSPS) is 27.8. The Balaban J connectivity index is 0.00000210. The quantitative estimate of drug-likeness (QED) is 0.382. The molecule has 1 spiro atoms. The highest BCUT2D eigenvalue weighted by atomic mass is 127. The fraction of sp³-hybridized carbons (Fsp3) is 0.667. The Hall–Kier alpha value is -1.02. The number of nitrogens with zero attached hydrogens (tertiary/aromatic N) is 1. The number of methoxy groups -OCH3 is 1. The topological polar surface area (TPSA) is 54.9 Å². The van der Waals surface area contributed by atoms with Gasteiger partial charge in [0.2, 0.25) is 0 Å². The zero-order valence-electron chi connectivity index (χ0n) is 16.6. The molecule has 0 bridgehead atoms. The standard InChI is InChI=1S/C21H31N3O2.HI/c1-14-5-6-15(13-17(14)25-3)7-11-23-20(22-2)24-18-16-8-12-26-19(16)21(18)9-4-10-21;/h5-6,13,16,18-19H,4,7-12H2,1-3H3,(H2,22,23,24);1H. The number of benzene rings is 1. The van der Waals surface area contributed by atoms with Crippen molar-refractivity contribution < 1.29 is 9.47 Å². The number of nitrogens with one attached hydrogen (secondary N) is 2. The van der Waals surface area contributed by atoms with Gasteiger partial charge in [0.05, 0.1) is 13.2 Å². The number of halogens is 1. The summed E-state index contributed by atoms with van der Waals surface area (Å²) in [5.41, 5.74) is 2.83. The van der Waals surface area contributed by atoms with E-state index >= 15 is 0 Å². The van der Waals surface area contributed by atoms with Crippen LogP contribution in [0.5, 0.6) is 5.75 Å². The van der Waals surface area contributed by atoms with E-state index in [1.54, 1.807) is 7.11 Å². The molecule has 0 radical (unpaired) electrons. The lowest BCUT2D eigenvalue weighted by atomic mass is 9.46. The third-order valence-electron chi connectivity index (χ3n) is 6.73. The summed E-state index contributed by atoms with van der Waals surface area (Å²) in [7, 11) is 3.59. The van der Waals surface area contributed by atoms with Gasteiger partial charge in [-0.25, -0.2) is 0 Å². The first-order valence-electron chi connectivity index (χ1n) is 9.90. The van der Waals surface area contributed by atoms with Gasteiger partial charge >= 0.3 is 0 Å². The Morgan fingerprint density at radius 2 is 2.19 bits per heavy atom. The van der Waals surface area contributed by atoms with Crippen molar-refractivity contribution in [1.82, 2.24) is 10.6 Å². The summed E-state index contributed by atoms with van der Waals surface area (Å²) in [5, 5.41) is 7.21. The lowest BCUT2D eigenvalue weighted by Gasteiger charge is -2.63. The number of ether oxygens (including phenoxy) is 2. The summed E-state index contributed by atoms with van der Waals surface area (Å²) in [6.45, 7) is 3.86. The van der Waals surface area contributed by atoms with Crippen molar-refractivity contribution in [2.45, 2.75) is 51.2 Å². The highest BCUT2D eigenvalue weighted by molar-refractivity contribution is 14.0. The van der Waals surface area contributed by atoms with Gasteiger partial charge in [0.15, 0.2) is 5.96 Å². The van der Waals surface area contributed by atoms with E-state index in [0.29, 0.717) is 23.5 Å². The molecule has 1 heterocycles. The molecule has 1 aromatic carbocycles. The van der Waals surface area contributed by atoms with Crippen molar-refractivity contribution in [1.29, 1.82) is 0 Å². The Kier molecular flexibility index (Phi) is 6.56. The van der Waals surface area contributed by atoms with Crippen molar-refractivity contribution in [2.24, 2.45) is 16.3 Å². The second-order valence-electron chi connectivity index (χ2n) is 8.01. The van der Waals surface area contributed by atoms with E-state index in [1.165, 1.54) is 36.8 Å². The molecule has 2 saturated carbocycles. The number of aryl methyl sites for hydroxylation is 1. The molecule has 4 rings (SSSR count). The molecule has 1 aliphatic heterocycles. The number of fused-ring (bicyclic) bond motifs is 2. The highest BCUT2D eigenvalue weighted by Crippen LogP contribution is 2.62. The number of guanidine groups is 1. The minimum atomic E-state index is 0. The molecule has 3 atom stereocenters. The molecule has 3 aliphatic rings. The van der Waals surface area contributed by atoms with E-state index in [4.69, 9.17) is 9.47 Å². The molecule has 0 aromatic heterocycles. The molecular weight excluding hydrogens is 453 g/mol. The van der Waals surface area contributed by atoms with Gasteiger partial charge in [0, 0.05) is 37.6 Å². The molecule has 3 unspecified atom stereocenters. The first-order valence-corrected chi connectivity index (χ1v) is 9.90. The Bertz CT molecular complexity index is 690. The van der Waals surface area contributed by atoms with Crippen LogP contribution in [0.25, 0.3) is 0 Å². The number of aliphatic imine (C=N–C) groups is 1. The molecule has 2 aliphatic carbocycles. The zero-order valence-corrected chi connectivity index (χ0v) is 18.9. The van der Waals surface area contributed by atoms with Crippen LogP contribution in [0.3, 0.4) is 0 Å². The van der Waals surface area contributed by atoms with Crippen LogP contribution in [0.15, 0.2) is 23.2 Å². The fourth-order valence-electron chi connectivity index (χ4n) is 5.14. The fourth-order valence-corrected chi connectivity index (χ4v) is 5.14. The molecule has 1 saturated heterocycles. The van der Waals surface area contributed by atoms with Crippen molar-refractivity contribution in [3.8, 4) is 5.75 Å². The summed E-state index contributed by atoms with van der Waals surface area (Å²) < 4.78 is 11.4. The lowest BCUT2D eigenvalue weighted by Crippen LogP contribution is -2.72. The van der Waals surface area contributed by atoms with Crippen LogP contribution in [0.4, 0.5) is 0 Å². The van der Waals surface area contributed by atoms with E-state index < -0.39 is 0 Å².